The van der Waals surface area contributed by atoms with Crippen LogP contribution in [0.25, 0.3) is 5.69 Å². The second-order valence-corrected chi connectivity index (χ2v) is 5.18. The van der Waals surface area contributed by atoms with Gasteiger partial charge in [-0.05, 0) is 43.4 Å². The molecule has 0 saturated carbocycles. The van der Waals surface area contributed by atoms with Crippen LogP contribution < -0.4 is 4.72 Å². The van der Waals surface area contributed by atoms with Crippen molar-refractivity contribution in [2.24, 2.45) is 0 Å². The SMILES string of the molecule is CNS(=O)(=O)c1ccc(-n2cccc2)cc1. The molecule has 1 aromatic carbocycles. The molecule has 0 amide bonds. The number of nitrogens with zero attached hydrogens (tertiary/aromatic N) is 1. The minimum atomic E-state index is -3.34. The van der Waals surface area contributed by atoms with E-state index in [4.69, 9.17) is 0 Å². The van der Waals surface area contributed by atoms with Crippen LogP contribution in [-0.2, 0) is 10.0 Å². The van der Waals surface area contributed by atoms with Gasteiger partial charge in [0.2, 0.25) is 10.0 Å². The number of benzene rings is 1. The summed E-state index contributed by atoms with van der Waals surface area (Å²) in [7, 11) is -1.95. The minimum absolute atomic E-state index is 0.269. The fourth-order valence-electron chi connectivity index (χ4n) is 1.42. The zero-order valence-electron chi connectivity index (χ0n) is 8.79. The second kappa shape index (κ2) is 4.11. The van der Waals surface area contributed by atoms with Crippen LogP contribution >= 0.6 is 0 Å². The molecule has 0 saturated heterocycles. The van der Waals surface area contributed by atoms with Crippen molar-refractivity contribution < 1.29 is 8.42 Å². The van der Waals surface area contributed by atoms with Gasteiger partial charge in [-0.1, -0.05) is 0 Å². The van der Waals surface area contributed by atoms with Gasteiger partial charge >= 0.3 is 0 Å². The van der Waals surface area contributed by atoms with E-state index >= 15 is 0 Å². The molecule has 0 aliphatic carbocycles. The van der Waals surface area contributed by atoms with Crippen LogP contribution in [0.2, 0.25) is 0 Å². The van der Waals surface area contributed by atoms with Crippen molar-refractivity contribution >= 4 is 10.0 Å². The Labute approximate surface area is 94.6 Å². The van der Waals surface area contributed by atoms with Crippen molar-refractivity contribution in [3.63, 3.8) is 0 Å². The Kier molecular flexibility index (Phi) is 2.80. The van der Waals surface area contributed by atoms with Gasteiger partial charge in [0.15, 0.2) is 0 Å². The lowest BCUT2D eigenvalue weighted by atomic mass is 10.3. The molecule has 1 heterocycles. The van der Waals surface area contributed by atoms with Crippen molar-refractivity contribution in [2.75, 3.05) is 7.05 Å². The van der Waals surface area contributed by atoms with Gasteiger partial charge in [0.1, 0.15) is 0 Å². The van der Waals surface area contributed by atoms with Gasteiger partial charge in [0.25, 0.3) is 0 Å². The highest BCUT2D eigenvalue weighted by molar-refractivity contribution is 7.89. The maximum absolute atomic E-state index is 11.5. The predicted molar refractivity (Wildman–Crippen MR) is 62.0 cm³/mol. The fourth-order valence-corrected chi connectivity index (χ4v) is 2.15. The van der Waals surface area contributed by atoms with E-state index in [0.717, 1.165) is 5.69 Å². The van der Waals surface area contributed by atoms with Gasteiger partial charge in [0, 0.05) is 18.1 Å². The van der Waals surface area contributed by atoms with Crippen molar-refractivity contribution in [3.05, 3.63) is 48.8 Å². The molecule has 16 heavy (non-hydrogen) atoms. The molecule has 5 heteroatoms. The molecule has 0 spiro atoms. The summed E-state index contributed by atoms with van der Waals surface area (Å²) in [6.07, 6.45) is 3.81. The first kappa shape index (κ1) is 10.9. The van der Waals surface area contributed by atoms with Crippen molar-refractivity contribution in [2.45, 2.75) is 4.90 Å². The number of nitrogens with one attached hydrogen (secondary N) is 1. The Morgan fingerprint density at radius 3 is 2.12 bits per heavy atom. The van der Waals surface area contributed by atoms with Gasteiger partial charge in [-0.15, -0.1) is 0 Å². The molecular formula is C11H12N2O2S. The standard InChI is InChI=1S/C11H12N2O2S/c1-12-16(14,15)11-6-4-10(5-7-11)13-8-2-3-9-13/h2-9,12H,1H3. The molecular weight excluding hydrogens is 224 g/mol. The molecule has 0 aliphatic rings. The van der Waals surface area contributed by atoms with Crippen LogP contribution in [0, 0.1) is 0 Å². The molecule has 2 rings (SSSR count). The maximum atomic E-state index is 11.5. The van der Waals surface area contributed by atoms with Gasteiger partial charge in [-0.25, -0.2) is 13.1 Å². The third-order valence-corrected chi connectivity index (χ3v) is 3.75. The van der Waals surface area contributed by atoms with Crippen LogP contribution in [0.1, 0.15) is 0 Å². The summed E-state index contributed by atoms with van der Waals surface area (Å²) in [4.78, 5) is 0.269. The number of aromatic nitrogens is 1. The van der Waals surface area contributed by atoms with E-state index in [1.54, 1.807) is 24.3 Å². The highest BCUT2D eigenvalue weighted by atomic mass is 32.2. The average molecular weight is 236 g/mol. The lowest BCUT2D eigenvalue weighted by molar-refractivity contribution is 0.588. The second-order valence-electron chi connectivity index (χ2n) is 3.29. The summed E-state index contributed by atoms with van der Waals surface area (Å²) in [6, 6.07) is 10.5. The predicted octanol–water partition coefficient (Wildman–Crippen LogP) is 1.39. The summed E-state index contributed by atoms with van der Waals surface area (Å²) < 4.78 is 27.2. The van der Waals surface area contributed by atoms with E-state index in [-0.39, 0.29) is 4.90 Å². The lowest BCUT2D eigenvalue weighted by Gasteiger charge is -2.05. The summed E-state index contributed by atoms with van der Waals surface area (Å²) in [6.45, 7) is 0. The van der Waals surface area contributed by atoms with Crippen molar-refractivity contribution in [1.29, 1.82) is 0 Å². The first-order chi connectivity index (χ1) is 7.63. The smallest absolute Gasteiger partial charge is 0.240 e. The lowest BCUT2D eigenvalue weighted by Crippen LogP contribution is -2.18. The van der Waals surface area contributed by atoms with Gasteiger partial charge in [-0.2, -0.15) is 0 Å². The van der Waals surface area contributed by atoms with E-state index in [0.29, 0.717) is 0 Å². The quantitative estimate of drug-likeness (QED) is 0.875. The van der Waals surface area contributed by atoms with Crippen molar-refractivity contribution in [1.82, 2.24) is 9.29 Å². The monoisotopic (exact) mass is 236 g/mol. The van der Waals surface area contributed by atoms with E-state index in [9.17, 15) is 8.42 Å². The molecule has 0 radical (unpaired) electrons. The summed E-state index contributed by atoms with van der Waals surface area (Å²) in [5.74, 6) is 0. The number of sulfonamides is 1. The normalized spacial score (nSPS) is 11.6. The van der Waals surface area contributed by atoms with E-state index < -0.39 is 10.0 Å². The molecule has 4 nitrogen and oxygen atoms in total. The summed E-state index contributed by atoms with van der Waals surface area (Å²) in [5.41, 5.74) is 0.931. The first-order valence-corrected chi connectivity index (χ1v) is 6.29. The van der Waals surface area contributed by atoms with Crippen LogP contribution in [0.5, 0.6) is 0 Å². The van der Waals surface area contributed by atoms with Gasteiger partial charge in [-0.3, -0.25) is 0 Å². The first-order valence-electron chi connectivity index (χ1n) is 4.80. The van der Waals surface area contributed by atoms with Crippen LogP contribution in [0.4, 0.5) is 0 Å². The third kappa shape index (κ3) is 2.00. The highest BCUT2D eigenvalue weighted by Crippen LogP contribution is 2.13. The van der Waals surface area contributed by atoms with Crippen LogP contribution in [-0.4, -0.2) is 20.0 Å². The summed E-state index contributed by atoms with van der Waals surface area (Å²) >= 11 is 0. The molecule has 0 aliphatic heterocycles. The number of rotatable bonds is 3. The Morgan fingerprint density at radius 2 is 1.62 bits per heavy atom. The molecule has 0 bridgehead atoms. The fraction of sp³-hybridized carbons (Fsp3) is 0.0909. The molecule has 0 unspecified atom stereocenters. The zero-order valence-corrected chi connectivity index (χ0v) is 9.61. The Bertz CT molecular complexity index is 557. The van der Waals surface area contributed by atoms with Gasteiger partial charge < -0.3 is 4.57 Å². The summed E-state index contributed by atoms with van der Waals surface area (Å²) in [5, 5.41) is 0. The zero-order chi connectivity index (χ0) is 11.6. The Morgan fingerprint density at radius 1 is 1.06 bits per heavy atom. The molecule has 0 fully saturated rings. The van der Waals surface area contributed by atoms with E-state index in [1.807, 2.05) is 29.1 Å². The maximum Gasteiger partial charge on any atom is 0.240 e. The molecule has 1 N–H and O–H groups in total. The topological polar surface area (TPSA) is 51.1 Å². The Hall–Kier alpha value is -1.59. The molecule has 1 aromatic heterocycles. The largest absolute Gasteiger partial charge is 0.324 e. The highest BCUT2D eigenvalue weighted by Gasteiger charge is 2.10. The third-order valence-electron chi connectivity index (χ3n) is 2.32. The van der Waals surface area contributed by atoms with E-state index in [2.05, 4.69) is 4.72 Å². The van der Waals surface area contributed by atoms with Crippen molar-refractivity contribution in [3.8, 4) is 5.69 Å². The number of hydrogen-bond acceptors (Lipinski definition) is 2. The Balaban J connectivity index is 2.38. The van der Waals surface area contributed by atoms with E-state index in [1.165, 1.54) is 7.05 Å². The minimum Gasteiger partial charge on any atom is -0.324 e. The van der Waals surface area contributed by atoms with Crippen LogP contribution in [0.15, 0.2) is 53.7 Å². The molecule has 0 atom stereocenters. The van der Waals surface area contributed by atoms with Gasteiger partial charge in [0.05, 0.1) is 4.90 Å². The number of hydrogen-bond donors (Lipinski definition) is 1. The molecule has 2 aromatic rings. The van der Waals surface area contributed by atoms with Crippen LogP contribution in [0.3, 0.4) is 0 Å². The average Bonchev–Trinajstić information content (AvgIpc) is 2.83. The molecule has 84 valence electrons.